The van der Waals surface area contributed by atoms with Crippen molar-refractivity contribution >= 4 is 0 Å². The third-order valence-corrected chi connectivity index (χ3v) is 2.90. The Kier molecular flexibility index (Phi) is 1.28. The summed E-state index contributed by atoms with van der Waals surface area (Å²) in [5, 5.41) is 8.27. The number of nitrogens with two attached hydrogens (primary N) is 1. The lowest BCUT2D eigenvalue weighted by atomic mass is 10.2. The average Bonchev–Trinajstić information content (AvgIpc) is 2.74. The molecular formula is C9H12N4. The van der Waals surface area contributed by atoms with Gasteiger partial charge in [-0.25, -0.2) is 4.98 Å². The maximum atomic E-state index is 6.00. The van der Waals surface area contributed by atoms with Crippen LogP contribution in [0.15, 0.2) is 0 Å². The van der Waals surface area contributed by atoms with Crippen molar-refractivity contribution < 1.29 is 0 Å². The Morgan fingerprint density at radius 3 is 2.62 bits per heavy atom. The first-order valence-corrected chi connectivity index (χ1v) is 4.80. The molecule has 2 aliphatic carbocycles. The van der Waals surface area contributed by atoms with Gasteiger partial charge in [0.25, 0.3) is 0 Å². The van der Waals surface area contributed by atoms with Crippen LogP contribution in [0.4, 0.5) is 0 Å². The van der Waals surface area contributed by atoms with Crippen LogP contribution >= 0.6 is 0 Å². The molecule has 1 fully saturated rings. The van der Waals surface area contributed by atoms with E-state index in [1.807, 2.05) is 0 Å². The minimum atomic E-state index is -0.232. The van der Waals surface area contributed by atoms with Crippen LogP contribution < -0.4 is 5.73 Å². The minimum Gasteiger partial charge on any atom is -0.319 e. The van der Waals surface area contributed by atoms with Crippen molar-refractivity contribution in [3.8, 4) is 0 Å². The first-order chi connectivity index (χ1) is 6.28. The van der Waals surface area contributed by atoms with Crippen molar-refractivity contribution in [1.29, 1.82) is 0 Å². The van der Waals surface area contributed by atoms with Crippen LogP contribution in [0.5, 0.6) is 0 Å². The molecule has 1 saturated carbocycles. The number of nitrogens with zero attached hydrogens (tertiary/aromatic N) is 3. The molecule has 0 aliphatic heterocycles. The van der Waals surface area contributed by atoms with Gasteiger partial charge in [-0.2, -0.15) is 5.10 Å². The molecule has 1 aromatic heterocycles. The van der Waals surface area contributed by atoms with Crippen LogP contribution in [0.1, 0.15) is 36.5 Å². The summed E-state index contributed by atoms with van der Waals surface area (Å²) in [6, 6.07) is 0. The number of rotatable bonds is 1. The Balaban J connectivity index is 2.05. The smallest absolute Gasteiger partial charge is 0.171 e. The zero-order valence-electron chi connectivity index (χ0n) is 7.45. The van der Waals surface area contributed by atoms with Crippen molar-refractivity contribution in [2.24, 2.45) is 5.73 Å². The van der Waals surface area contributed by atoms with Crippen LogP contribution in [0.2, 0.25) is 0 Å². The Morgan fingerprint density at radius 2 is 1.85 bits per heavy atom. The van der Waals surface area contributed by atoms with Gasteiger partial charge in [-0.05, 0) is 32.1 Å². The van der Waals surface area contributed by atoms with Crippen molar-refractivity contribution in [2.45, 2.75) is 37.6 Å². The highest BCUT2D eigenvalue weighted by Gasteiger charge is 2.43. The van der Waals surface area contributed by atoms with Crippen molar-refractivity contribution in [1.82, 2.24) is 15.2 Å². The Bertz CT molecular complexity index is 357. The summed E-state index contributed by atoms with van der Waals surface area (Å²) in [6.07, 6.45) is 5.26. The molecule has 3 rings (SSSR count). The summed E-state index contributed by atoms with van der Waals surface area (Å²) >= 11 is 0. The molecule has 0 atom stereocenters. The van der Waals surface area contributed by atoms with Gasteiger partial charge < -0.3 is 5.73 Å². The number of hydrogen-bond acceptors (Lipinski definition) is 4. The van der Waals surface area contributed by atoms with Gasteiger partial charge in [0.2, 0.25) is 0 Å². The molecule has 0 bridgehead atoms. The molecule has 0 radical (unpaired) electrons. The van der Waals surface area contributed by atoms with E-state index in [-0.39, 0.29) is 5.54 Å². The van der Waals surface area contributed by atoms with Crippen molar-refractivity contribution in [3.05, 3.63) is 17.2 Å². The SMILES string of the molecule is NC1(c2nnc3c(n2)CCC3)CC1. The van der Waals surface area contributed by atoms with Gasteiger partial charge in [0.1, 0.15) is 0 Å². The summed E-state index contributed by atoms with van der Waals surface area (Å²) in [6.45, 7) is 0. The summed E-state index contributed by atoms with van der Waals surface area (Å²) in [7, 11) is 0. The fraction of sp³-hybridized carbons (Fsp3) is 0.667. The second-order valence-corrected chi connectivity index (χ2v) is 4.04. The third kappa shape index (κ3) is 1.05. The third-order valence-electron chi connectivity index (χ3n) is 2.90. The Labute approximate surface area is 76.6 Å². The molecule has 13 heavy (non-hydrogen) atoms. The number of fused-ring (bicyclic) bond motifs is 1. The highest BCUT2D eigenvalue weighted by atomic mass is 15.2. The summed E-state index contributed by atoms with van der Waals surface area (Å²) < 4.78 is 0. The molecule has 0 spiro atoms. The van der Waals surface area contributed by atoms with Crippen LogP contribution in [0, 0.1) is 0 Å². The van der Waals surface area contributed by atoms with Crippen LogP contribution in [0.25, 0.3) is 0 Å². The largest absolute Gasteiger partial charge is 0.319 e. The van der Waals surface area contributed by atoms with E-state index < -0.39 is 0 Å². The second kappa shape index (κ2) is 2.26. The average molecular weight is 176 g/mol. The maximum Gasteiger partial charge on any atom is 0.171 e. The lowest BCUT2D eigenvalue weighted by Crippen LogP contribution is -2.23. The van der Waals surface area contributed by atoms with Gasteiger partial charge in [-0.1, -0.05) is 0 Å². The fourth-order valence-corrected chi connectivity index (χ4v) is 1.77. The number of hydrogen-bond donors (Lipinski definition) is 1. The van der Waals surface area contributed by atoms with E-state index in [0.29, 0.717) is 0 Å². The molecule has 0 amide bonds. The zero-order chi connectivity index (χ0) is 8.89. The molecule has 0 unspecified atom stereocenters. The molecule has 0 saturated heterocycles. The van der Waals surface area contributed by atoms with Crippen LogP contribution in [-0.4, -0.2) is 15.2 Å². The quantitative estimate of drug-likeness (QED) is 0.668. The zero-order valence-corrected chi connectivity index (χ0v) is 7.45. The molecular weight excluding hydrogens is 164 g/mol. The fourth-order valence-electron chi connectivity index (χ4n) is 1.77. The summed E-state index contributed by atoms with van der Waals surface area (Å²) in [5.74, 6) is 0.758. The van der Waals surface area contributed by atoms with E-state index in [4.69, 9.17) is 5.73 Å². The van der Waals surface area contributed by atoms with E-state index in [1.165, 1.54) is 0 Å². The minimum absolute atomic E-state index is 0.232. The number of aromatic nitrogens is 3. The van der Waals surface area contributed by atoms with Crippen molar-refractivity contribution in [2.75, 3.05) is 0 Å². The molecule has 68 valence electrons. The molecule has 1 heterocycles. The van der Waals surface area contributed by atoms with Gasteiger partial charge in [0, 0.05) is 0 Å². The molecule has 2 N–H and O–H groups in total. The lowest BCUT2D eigenvalue weighted by Gasteiger charge is -2.06. The van der Waals surface area contributed by atoms with Gasteiger partial charge in [0.15, 0.2) is 5.82 Å². The van der Waals surface area contributed by atoms with Gasteiger partial charge in [-0.15, -0.1) is 5.10 Å². The molecule has 1 aromatic rings. The van der Waals surface area contributed by atoms with E-state index in [0.717, 1.165) is 49.3 Å². The topological polar surface area (TPSA) is 64.7 Å². The maximum absolute atomic E-state index is 6.00. The standard InChI is InChI=1S/C9H12N4/c10-9(4-5-9)8-11-6-2-1-3-7(6)12-13-8/h1-5,10H2. The Morgan fingerprint density at radius 1 is 1.08 bits per heavy atom. The summed E-state index contributed by atoms with van der Waals surface area (Å²) in [4.78, 5) is 4.49. The van der Waals surface area contributed by atoms with Crippen LogP contribution in [-0.2, 0) is 18.4 Å². The molecule has 4 nitrogen and oxygen atoms in total. The highest BCUT2D eigenvalue weighted by molar-refractivity contribution is 5.21. The van der Waals surface area contributed by atoms with E-state index in [1.54, 1.807) is 0 Å². The first kappa shape index (κ1) is 7.38. The van der Waals surface area contributed by atoms with Crippen molar-refractivity contribution in [3.63, 3.8) is 0 Å². The normalized spacial score (nSPS) is 22.8. The second-order valence-electron chi connectivity index (χ2n) is 4.04. The monoisotopic (exact) mass is 176 g/mol. The van der Waals surface area contributed by atoms with Gasteiger partial charge in [0.05, 0.1) is 16.9 Å². The number of aryl methyl sites for hydroxylation is 2. The van der Waals surface area contributed by atoms with Crippen LogP contribution in [0.3, 0.4) is 0 Å². The predicted octanol–water partition coefficient (Wildman–Crippen LogP) is 0.308. The van der Waals surface area contributed by atoms with Gasteiger partial charge in [-0.3, -0.25) is 0 Å². The molecule has 4 heteroatoms. The predicted molar refractivity (Wildman–Crippen MR) is 47.0 cm³/mol. The van der Waals surface area contributed by atoms with E-state index >= 15 is 0 Å². The molecule has 0 aromatic carbocycles. The lowest BCUT2D eigenvalue weighted by molar-refractivity contribution is 0.638. The molecule has 2 aliphatic rings. The highest BCUT2D eigenvalue weighted by Crippen LogP contribution is 2.40. The first-order valence-electron chi connectivity index (χ1n) is 4.80. The van der Waals surface area contributed by atoms with E-state index in [2.05, 4.69) is 15.2 Å². The summed E-state index contributed by atoms with van der Waals surface area (Å²) in [5.41, 5.74) is 7.97. The van der Waals surface area contributed by atoms with E-state index in [9.17, 15) is 0 Å². The van der Waals surface area contributed by atoms with Gasteiger partial charge >= 0.3 is 0 Å². The Hall–Kier alpha value is -1.03.